The van der Waals surface area contributed by atoms with E-state index in [0.29, 0.717) is 12.4 Å². The van der Waals surface area contributed by atoms with E-state index in [2.05, 4.69) is 6.58 Å². The van der Waals surface area contributed by atoms with E-state index in [0.717, 1.165) is 5.76 Å². The number of furan rings is 1. The minimum Gasteiger partial charge on any atom is -0.495 e. The molecule has 12 heavy (non-hydrogen) atoms. The number of rotatable bonds is 4. The van der Waals surface area contributed by atoms with E-state index < -0.39 is 0 Å². The van der Waals surface area contributed by atoms with Crippen LogP contribution in [0, 0.1) is 0 Å². The number of hydrogen-bond acceptors (Lipinski definition) is 2. The molecule has 0 saturated carbocycles. The van der Waals surface area contributed by atoms with E-state index in [9.17, 15) is 0 Å². The van der Waals surface area contributed by atoms with Crippen molar-refractivity contribution in [3.05, 3.63) is 42.6 Å². The topological polar surface area (TPSA) is 22.4 Å². The Hall–Kier alpha value is -1.44. The normalized spacial score (nSPS) is 10.4. The first-order chi connectivity index (χ1) is 5.83. The lowest BCUT2D eigenvalue weighted by molar-refractivity contribution is 0.244. The molecule has 0 unspecified atom stereocenters. The van der Waals surface area contributed by atoms with Crippen LogP contribution in [-0.4, -0.2) is 6.61 Å². The Labute approximate surface area is 72.1 Å². The second kappa shape index (κ2) is 4.44. The highest BCUT2D eigenvalue weighted by atomic mass is 16.5. The maximum Gasteiger partial charge on any atom is 0.126 e. The van der Waals surface area contributed by atoms with Gasteiger partial charge in [-0.3, -0.25) is 0 Å². The molecule has 0 bridgehead atoms. The van der Waals surface area contributed by atoms with Gasteiger partial charge >= 0.3 is 0 Å². The molecule has 0 N–H and O–H groups in total. The molecule has 0 radical (unpaired) electrons. The molecule has 0 spiro atoms. The van der Waals surface area contributed by atoms with Crippen LogP contribution < -0.4 is 0 Å². The number of ether oxygens (including phenoxy) is 1. The van der Waals surface area contributed by atoms with Crippen molar-refractivity contribution < 1.29 is 9.15 Å². The molecule has 0 aliphatic rings. The van der Waals surface area contributed by atoms with Crippen LogP contribution in [0.2, 0.25) is 0 Å². The molecule has 0 amide bonds. The van der Waals surface area contributed by atoms with Crippen LogP contribution >= 0.6 is 0 Å². The average molecular weight is 164 g/mol. The van der Waals surface area contributed by atoms with Gasteiger partial charge in [0.25, 0.3) is 0 Å². The molecular weight excluding hydrogens is 152 g/mol. The quantitative estimate of drug-likeness (QED) is 0.504. The van der Waals surface area contributed by atoms with E-state index in [1.807, 2.05) is 25.1 Å². The van der Waals surface area contributed by atoms with Crippen molar-refractivity contribution in [2.45, 2.75) is 6.92 Å². The third kappa shape index (κ3) is 2.66. The summed E-state index contributed by atoms with van der Waals surface area (Å²) in [6.45, 7) is 6.26. The van der Waals surface area contributed by atoms with Crippen molar-refractivity contribution in [2.24, 2.45) is 0 Å². The summed E-state index contributed by atoms with van der Waals surface area (Å²) in [7, 11) is 0. The molecule has 0 fully saturated rings. The SMILES string of the molecule is C=C(/C=C\c1ccco1)OCC. The highest BCUT2D eigenvalue weighted by molar-refractivity contribution is 5.45. The summed E-state index contributed by atoms with van der Waals surface area (Å²) in [4.78, 5) is 0. The highest BCUT2D eigenvalue weighted by Gasteiger charge is 1.88. The smallest absolute Gasteiger partial charge is 0.126 e. The predicted octanol–water partition coefficient (Wildman–Crippen LogP) is 2.84. The average Bonchev–Trinajstić information content (AvgIpc) is 2.53. The lowest BCUT2D eigenvalue weighted by atomic mass is 10.4. The fourth-order valence-corrected chi connectivity index (χ4v) is 0.795. The molecule has 64 valence electrons. The van der Waals surface area contributed by atoms with Gasteiger partial charge in [0.15, 0.2) is 0 Å². The summed E-state index contributed by atoms with van der Waals surface area (Å²) < 4.78 is 10.2. The Morgan fingerprint density at radius 3 is 3.17 bits per heavy atom. The Morgan fingerprint density at radius 1 is 1.75 bits per heavy atom. The molecule has 0 saturated heterocycles. The maximum atomic E-state index is 5.12. The van der Waals surface area contributed by atoms with Crippen molar-refractivity contribution in [1.82, 2.24) is 0 Å². The fraction of sp³-hybridized carbons (Fsp3) is 0.200. The minimum absolute atomic E-state index is 0.640. The molecule has 1 aromatic heterocycles. The van der Waals surface area contributed by atoms with Crippen molar-refractivity contribution in [2.75, 3.05) is 6.61 Å². The molecule has 1 heterocycles. The predicted molar refractivity (Wildman–Crippen MR) is 48.5 cm³/mol. The highest BCUT2D eigenvalue weighted by Crippen LogP contribution is 2.05. The van der Waals surface area contributed by atoms with Crippen LogP contribution in [0.15, 0.2) is 41.2 Å². The van der Waals surface area contributed by atoms with Crippen LogP contribution in [0.3, 0.4) is 0 Å². The van der Waals surface area contributed by atoms with Crippen LogP contribution in [-0.2, 0) is 4.74 Å². The summed E-state index contributed by atoms with van der Waals surface area (Å²) in [5, 5.41) is 0. The standard InChI is InChI=1S/C10H12O2/c1-3-11-9(2)6-7-10-5-4-8-12-10/h4-8H,2-3H2,1H3/b7-6-. The molecule has 1 rings (SSSR count). The Bertz CT molecular complexity index is 257. The monoisotopic (exact) mass is 164 g/mol. The summed E-state index contributed by atoms with van der Waals surface area (Å²) in [5.74, 6) is 1.45. The molecule has 0 aliphatic heterocycles. The summed E-state index contributed by atoms with van der Waals surface area (Å²) >= 11 is 0. The van der Waals surface area contributed by atoms with Gasteiger partial charge in [-0.05, 0) is 31.2 Å². The molecular formula is C10H12O2. The lowest BCUT2D eigenvalue weighted by Crippen LogP contribution is -1.84. The number of allylic oxidation sites excluding steroid dienone is 1. The second-order valence-corrected chi connectivity index (χ2v) is 2.25. The van der Waals surface area contributed by atoms with Gasteiger partial charge in [-0.2, -0.15) is 0 Å². The zero-order valence-electron chi connectivity index (χ0n) is 7.12. The summed E-state index contributed by atoms with van der Waals surface area (Å²) in [6.07, 6.45) is 5.23. The minimum atomic E-state index is 0.640. The van der Waals surface area contributed by atoms with Gasteiger partial charge in [-0.1, -0.05) is 6.58 Å². The van der Waals surface area contributed by atoms with Gasteiger partial charge in [-0.15, -0.1) is 0 Å². The lowest BCUT2D eigenvalue weighted by Gasteiger charge is -1.98. The third-order valence-electron chi connectivity index (χ3n) is 1.31. The molecule has 0 aliphatic carbocycles. The van der Waals surface area contributed by atoms with Crippen LogP contribution in [0.4, 0.5) is 0 Å². The van der Waals surface area contributed by atoms with E-state index in [4.69, 9.17) is 9.15 Å². The van der Waals surface area contributed by atoms with Gasteiger partial charge in [0.1, 0.15) is 11.5 Å². The van der Waals surface area contributed by atoms with Gasteiger partial charge in [0.2, 0.25) is 0 Å². The zero-order chi connectivity index (χ0) is 8.81. The molecule has 2 nitrogen and oxygen atoms in total. The van der Waals surface area contributed by atoms with Gasteiger partial charge in [-0.25, -0.2) is 0 Å². The van der Waals surface area contributed by atoms with Gasteiger partial charge in [0, 0.05) is 0 Å². The summed E-state index contributed by atoms with van der Waals surface area (Å²) in [6, 6.07) is 3.71. The van der Waals surface area contributed by atoms with Crippen molar-refractivity contribution in [3.8, 4) is 0 Å². The molecule has 2 heteroatoms. The first kappa shape index (κ1) is 8.65. The first-order valence-corrected chi connectivity index (χ1v) is 3.86. The zero-order valence-corrected chi connectivity index (χ0v) is 7.12. The summed E-state index contributed by atoms with van der Waals surface area (Å²) in [5.41, 5.74) is 0. The van der Waals surface area contributed by atoms with Crippen LogP contribution in [0.25, 0.3) is 6.08 Å². The van der Waals surface area contributed by atoms with E-state index in [1.165, 1.54) is 0 Å². The largest absolute Gasteiger partial charge is 0.495 e. The maximum absolute atomic E-state index is 5.12. The van der Waals surface area contributed by atoms with Crippen molar-refractivity contribution in [3.63, 3.8) is 0 Å². The van der Waals surface area contributed by atoms with Crippen LogP contribution in [0.5, 0.6) is 0 Å². The van der Waals surface area contributed by atoms with E-state index in [1.54, 1.807) is 12.3 Å². The Balaban J connectivity index is 2.45. The van der Waals surface area contributed by atoms with E-state index in [-0.39, 0.29) is 0 Å². The molecule has 0 atom stereocenters. The van der Waals surface area contributed by atoms with Gasteiger partial charge < -0.3 is 9.15 Å². The Kier molecular flexibility index (Phi) is 3.20. The number of hydrogen-bond donors (Lipinski definition) is 0. The van der Waals surface area contributed by atoms with Crippen LogP contribution in [0.1, 0.15) is 12.7 Å². The van der Waals surface area contributed by atoms with Crippen molar-refractivity contribution >= 4 is 6.08 Å². The second-order valence-electron chi connectivity index (χ2n) is 2.25. The van der Waals surface area contributed by atoms with E-state index >= 15 is 0 Å². The third-order valence-corrected chi connectivity index (χ3v) is 1.31. The Morgan fingerprint density at radius 2 is 2.58 bits per heavy atom. The first-order valence-electron chi connectivity index (χ1n) is 3.86. The van der Waals surface area contributed by atoms with Crippen molar-refractivity contribution in [1.29, 1.82) is 0 Å². The molecule has 0 aromatic carbocycles. The van der Waals surface area contributed by atoms with Gasteiger partial charge in [0.05, 0.1) is 12.9 Å². The molecule has 1 aromatic rings. The fourth-order valence-electron chi connectivity index (χ4n) is 0.795.